The van der Waals surface area contributed by atoms with Crippen LogP contribution in [0, 0.1) is 11.3 Å². The fourth-order valence-corrected chi connectivity index (χ4v) is 1.65. The number of benzene rings is 1. The Hall–Kier alpha value is -1.47. The topological polar surface area (TPSA) is 49.6 Å². The highest BCUT2D eigenvalue weighted by Crippen LogP contribution is 2.21. The number of hydrogen-bond acceptors (Lipinski definition) is 3. The van der Waals surface area contributed by atoms with Crippen LogP contribution in [0.25, 0.3) is 11.0 Å². The van der Waals surface area contributed by atoms with Gasteiger partial charge in [-0.2, -0.15) is 5.26 Å². The van der Waals surface area contributed by atoms with Crippen LogP contribution in [0.3, 0.4) is 0 Å². The molecule has 0 fully saturated rings. The van der Waals surface area contributed by atoms with Crippen molar-refractivity contribution in [3.05, 3.63) is 34.6 Å². The van der Waals surface area contributed by atoms with Crippen molar-refractivity contribution in [1.82, 2.24) is 9.97 Å². The Morgan fingerprint density at radius 1 is 1.23 bits per heavy atom. The predicted octanol–water partition coefficient (Wildman–Crippen LogP) is 2.26. The van der Waals surface area contributed by atoms with Crippen molar-refractivity contribution in [3.63, 3.8) is 0 Å². The van der Waals surface area contributed by atoms with E-state index in [2.05, 4.69) is 32.0 Å². The average Bonchev–Trinajstić information content (AvgIpc) is 2.18. The van der Waals surface area contributed by atoms with Crippen LogP contribution in [0.15, 0.2) is 29.0 Å². The van der Waals surface area contributed by atoms with Crippen molar-refractivity contribution in [1.29, 1.82) is 5.26 Å². The molecule has 0 radical (unpaired) electrons. The van der Waals surface area contributed by atoms with Gasteiger partial charge >= 0.3 is 0 Å². The van der Waals surface area contributed by atoms with E-state index in [9.17, 15) is 0 Å². The van der Waals surface area contributed by atoms with Gasteiger partial charge in [0.25, 0.3) is 0 Å². The van der Waals surface area contributed by atoms with Gasteiger partial charge < -0.3 is 0 Å². The largest absolute Gasteiger partial charge is 0.253 e. The molecule has 0 atom stereocenters. The van der Waals surface area contributed by atoms with Crippen molar-refractivity contribution in [2.24, 2.45) is 0 Å². The SMILES string of the molecule is N#Cc1cc(Br)c2nccnc2c1. The summed E-state index contributed by atoms with van der Waals surface area (Å²) < 4.78 is 0.801. The Bertz CT molecular complexity index is 502. The van der Waals surface area contributed by atoms with Gasteiger partial charge in [-0.05, 0) is 28.1 Å². The van der Waals surface area contributed by atoms with Crippen LogP contribution in [0.2, 0.25) is 0 Å². The molecule has 0 N–H and O–H groups in total. The van der Waals surface area contributed by atoms with E-state index in [0.29, 0.717) is 5.56 Å². The number of rotatable bonds is 0. The maximum Gasteiger partial charge on any atom is 0.103 e. The predicted molar refractivity (Wildman–Crippen MR) is 52.0 cm³/mol. The monoisotopic (exact) mass is 233 g/mol. The lowest BCUT2D eigenvalue weighted by molar-refractivity contribution is 1.28. The molecular weight excluding hydrogens is 230 g/mol. The van der Waals surface area contributed by atoms with Crippen LogP contribution in [0.4, 0.5) is 0 Å². The summed E-state index contributed by atoms with van der Waals surface area (Å²) >= 11 is 3.33. The van der Waals surface area contributed by atoms with Crippen LogP contribution in [-0.4, -0.2) is 9.97 Å². The number of fused-ring (bicyclic) bond motifs is 1. The summed E-state index contributed by atoms with van der Waals surface area (Å²) in [5, 5.41) is 8.70. The lowest BCUT2D eigenvalue weighted by atomic mass is 10.2. The van der Waals surface area contributed by atoms with Crippen molar-refractivity contribution in [2.45, 2.75) is 0 Å². The third-order valence-electron chi connectivity index (χ3n) is 1.66. The Morgan fingerprint density at radius 3 is 2.77 bits per heavy atom. The molecule has 0 spiro atoms. The van der Waals surface area contributed by atoms with Crippen LogP contribution in [0.5, 0.6) is 0 Å². The van der Waals surface area contributed by atoms with E-state index in [1.54, 1.807) is 24.5 Å². The van der Waals surface area contributed by atoms with Crippen LogP contribution < -0.4 is 0 Å². The van der Waals surface area contributed by atoms with Crippen molar-refractivity contribution >= 4 is 27.0 Å². The maximum absolute atomic E-state index is 8.70. The molecule has 1 aromatic carbocycles. The van der Waals surface area contributed by atoms with Gasteiger partial charge in [0.15, 0.2) is 0 Å². The van der Waals surface area contributed by atoms with E-state index in [1.165, 1.54) is 0 Å². The normalized spacial score (nSPS) is 9.85. The molecule has 2 rings (SSSR count). The second-order valence-corrected chi connectivity index (χ2v) is 3.35. The molecule has 0 saturated carbocycles. The number of nitriles is 1. The molecule has 0 amide bonds. The van der Waals surface area contributed by atoms with Crippen molar-refractivity contribution < 1.29 is 0 Å². The standard InChI is InChI=1S/C9H4BrN3/c10-7-3-6(5-11)4-8-9(7)13-2-1-12-8/h1-4H. The fraction of sp³-hybridized carbons (Fsp3) is 0. The molecule has 4 heteroatoms. The maximum atomic E-state index is 8.70. The first kappa shape index (κ1) is 8.14. The smallest absolute Gasteiger partial charge is 0.103 e. The number of nitrogens with zero attached hydrogens (tertiary/aromatic N) is 3. The molecule has 0 aliphatic heterocycles. The second kappa shape index (κ2) is 3.11. The van der Waals surface area contributed by atoms with Crippen molar-refractivity contribution in [2.75, 3.05) is 0 Å². The lowest BCUT2D eigenvalue weighted by Crippen LogP contribution is -1.85. The molecule has 0 unspecified atom stereocenters. The first-order chi connectivity index (χ1) is 6.31. The highest BCUT2D eigenvalue weighted by Gasteiger charge is 2.02. The van der Waals surface area contributed by atoms with E-state index in [4.69, 9.17) is 5.26 Å². The van der Waals surface area contributed by atoms with Gasteiger partial charge in [0.05, 0.1) is 17.1 Å². The van der Waals surface area contributed by atoms with Gasteiger partial charge in [0.1, 0.15) is 5.52 Å². The summed E-state index contributed by atoms with van der Waals surface area (Å²) in [4.78, 5) is 8.24. The number of aromatic nitrogens is 2. The van der Waals surface area contributed by atoms with Gasteiger partial charge in [-0.25, -0.2) is 0 Å². The summed E-state index contributed by atoms with van der Waals surface area (Å²) in [7, 11) is 0. The Labute approximate surface area is 83.2 Å². The highest BCUT2D eigenvalue weighted by molar-refractivity contribution is 9.10. The summed E-state index contributed by atoms with van der Waals surface area (Å²) in [5.74, 6) is 0. The number of halogens is 1. The molecule has 62 valence electrons. The van der Waals surface area contributed by atoms with E-state index in [1.807, 2.05) is 0 Å². The second-order valence-electron chi connectivity index (χ2n) is 2.49. The molecule has 0 saturated heterocycles. The third-order valence-corrected chi connectivity index (χ3v) is 2.26. The van der Waals surface area contributed by atoms with E-state index in [0.717, 1.165) is 15.5 Å². The molecule has 13 heavy (non-hydrogen) atoms. The lowest BCUT2D eigenvalue weighted by Gasteiger charge is -1.98. The first-order valence-corrected chi connectivity index (χ1v) is 4.41. The summed E-state index contributed by atoms with van der Waals surface area (Å²) in [5.41, 5.74) is 2.09. The quantitative estimate of drug-likeness (QED) is 0.702. The summed E-state index contributed by atoms with van der Waals surface area (Å²) in [6.07, 6.45) is 3.23. The van der Waals surface area contributed by atoms with Gasteiger partial charge in [-0.1, -0.05) is 0 Å². The fourth-order valence-electron chi connectivity index (χ4n) is 1.10. The zero-order valence-corrected chi connectivity index (χ0v) is 8.12. The molecule has 1 heterocycles. The van der Waals surface area contributed by atoms with Crippen LogP contribution >= 0.6 is 15.9 Å². The number of hydrogen-bond donors (Lipinski definition) is 0. The zero-order valence-electron chi connectivity index (χ0n) is 6.53. The third kappa shape index (κ3) is 1.38. The van der Waals surface area contributed by atoms with Gasteiger partial charge in [0, 0.05) is 16.9 Å². The molecule has 3 nitrogen and oxygen atoms in total. The van der Waals surface area contributed by atoms with Crippen molar-refractivity contribution in [3.8, 4) is 6.07 Å². The molecule has 1 aromatic heterocycles. The average molecular weight is 234 g/mol. The minimum absolute atomic E-state index is 0.583. The minimum atomic E-state index is 0.583. The molecule has 0 aliphatic rings. The van der Waals surface area contributed by atoms with E-state index < -0.39 is 0 Å². The minimum Gasteiger partial charge on any atom is -0.253 e. The molecular formula is C9H4BrN3. The molecule has 2 aromatic rings. The first-order valence-electron chi connectivity index (χ1n) is 3.61. The van der Waals surface area contributed by atoms with Gasteiger partial charge in [0.2, 0.25) is 0 Å². The Kier molecular flexibility index (Phi) is 1.95. The zero-order chi connectivity index (χ0) is 9.26. The Morgan fingerprint density at radius 2 is 2.00 bits per heavy atom. The summed E-state index contributed by atoms with van der Waals surface area (Å²) in [6, 6.07) is 5.51. The molecule has 0 bridgehead atoms. The summed E-state index contributed by atoms with van der Waals surface area (Å²) in [6.45, 7) is 0. The molecule has 0 aliphatic carbocycles. The van der Waals surface area contributed by atoms with Crippen LogP contribution in [0.1, 0.15) is 5.56 Å². The van der Waals surface area contributed by atoms with E-state index >= 15 is 0 Å². The van der Waals surface area contributed by atoms with E-state index in [-0.39, 0.29) is 0 Å². The Balaban J connectivity index is 2.86. The van der Waals surface area contributed by atoms with Crippen LogP contribution in [-0.2, 0) is 0 Å². The van der Waals surface area contributed by atoms with Gasteiger partial charge in [-0.15, -0.1) is 0 Å². The van der Waals surface area contributed by atoms with Gasteiger partial charge in [-0.3, -0.25) is 9.97 Å². The highest BCUT2D eigenvalue weighted by atomic mass is 79.9.